The zero-order chi connectivity index (χ0) is 23.1. The molecule has 0 fully saturated rings. The van der Waals surface area contributed by atoms with Gasteiger partial charge in [0.15, 0.2) is 17.5 Å². The van der Waals surface area contributed by atoms with Gasteiger partial charge in [0.1, 0.15) is 6.54 Å². The van der Waals surface area contributed by atoms with Crippen molar-refractivity contribution in [3.05, 3.63) is 52.6 Å². The molecule has 2 aromatic rings. The SMILES string of the molecule is COc1cc(C)c(C[NH+](C)[C@@H](C)C(=O)NCC(=O)Nc2c(C)cccc2C)cc1OC. The van der Waals surface area contributed by atoms with Crippen LogP contribution in [0.25, 0.3) is 0 Å². The number of para-hydroxylation sites is 1. The van der Waals surface area contributed by atoms with E-state index in [9.17, 15) is 9.59 Å². The lowest BCUT2D eigenvalue weighted by Gasteiger charge is -2.22. The third-order valence-corrected chi connectivity index (χ3v) is 5.61. The Balaban J connectivity index is 1.95. The molecule has 2 amide bonds. The van der Waals surface area contributed by atoms with E-state index in [1.807, 2.05) is 65.1 Å². The predicted molar refractivity (Wildman–Crippen MR) is 122 cm³/mol. The second kappa shape index (κ2) is 10.8. The van der Waals surface area contributed by atoms with Gasteiger partial charge in [-0.1, -0.05) is 18.2 Å². The van der Waals surface area contributed by atoms with Crippen molar-refractivity contribution >= 4 is 17.5 Å². The van der Waals surface area contributed by atoms with Crippen LogP contribution in [0, 0.1) is 20.8 Å². The molecule has 168 valence electrons. The molecule has 3 N–H and O–H groups in total. The van der Waals surface area contributed by atoms with Gasteiger partial charge in [-0.05, 0) is 56.5 Å². The molecule has 0 radical (unpaired) electrons. The van der Waals surface area contributed by atoms with Gasteiger partial charge in [0.05, 0.1) is 27.8 Å². The number of quaternary nitrogens is 1. The lowest BCUT2D eigenvalue weighted by atomic mass is 10.1. The van der Waals surface area contributed by atoms with E-state index in [1.54, 1.807) is 14.2 Å². The highest BCUT2D eigenvalue weighted by atomic mass is 16.5. The molecule has 0 bridgehead atoms. The molecule has 0 heterocycles. The highest BCUT2D eigenvalue weighted by Crippen LogP contribution is 2.29. The van der Waals surface area contributed by atoms with Gasteiger partial charge in [-0.25, -0.2) is 0 Å². The summed E-state index contributed by atoms with van der Waals surface area (Å²) in [5.41, 5.74) is 4.91. The van der Waals surface area contributed by atoms with Gasteiger partial charge in [0, 0.05) is 11.3 Å². The van der Waals surface area contributed by atoms with Crippen molar-refractivity contribution in [2.45, 2.75) is 40.3 Å². The minimum atomic E-state index is -0.333. The summed E-state index contributed by atoms with van der Waals surface area (Å²) < 4.78 is 10.7. The molecule has 7 heteroatoms. The van der Waals surface area contributed by atoms with Gasteiger partial charge in [-0.2, -0.15) is 0 Å². The maximum Gasteiger partial charge on any atom is 0.278 e. The first-order chi connectivity index (χ1) is 14.7. The second-order valence-corrected chi connectivity index (χ2v) is 7.91. The molecule has 0 spiro atoms. The number of amides is 2. The Bertz CT molecular complexity index is 922. The molecular weight excluding hydrogens is 394 g/mol. The number of hydrogen-bond acceptors (Lipinski definition) is 4. The molecule has 2 atom stereocenters. The number of ether oxygens (including phenoxy) is 2. The number of aryl methyl sites for hydroxylation is 3. The van der Waals surface area contributed by atoms with E-state index in [1.165, 1.54) is 0 Å². The monoisotopic (exact) mass is 428 g/mol. The fourth-order valence-corrected chi connectivity index (χ4v) is 3.41. The largest absolute Gasteiger partial charge is 0.493 e. The van der Waals surface area contributed by atoms with Gasteiger partial charge in [-0.3, -0.25) is 9.59 Å². The molecule has 7 nitrogen and oxygen atoms in total. The van der Waals surface area contributed by atoms with Crippen LogP contribution in [0.4, 0.5) is 5.69 Å². The second-order valence-electron chi connectivity index (χ2n) is 7.91. The molecule has 0 aliphatic heterocycles. The van der Waals surface area contributed by atoms with Crippen molar-refractivity contribution in [3.63, 3.8) is 0 Å². The standard InChI is InChI=1S/C24H33N3O4/c1-15-9-8-10-16(2)23(15)26-22(28)13-25-24(29)18(4)27(5)14-19-12-21(31-7)20(30-6)11-17(19)3/h8-12,18H,13-14H2,1-7H3,(H,25,29)(H,26,28)/p+1/t18-/m0/s1. The molecule has 0 saturated carbocycles. The van der Waals surface area contributed by atoms with Crippen LogP contribution in [0.3, 0.4) is 0 Å². The lowest BCUT2D eigenvalue weighted by Crippen LogP contribution is -3.12. The van der Waals surface area contributed by atoms with Crippen molar-refractivity contribution in [2.24, 2.45) is 0 Å². The molecule has 2 rings (SSSR count). The molecule has 0 saturated heterocycles. The van der Waals surface area contributed by atoms with E-state index < -0.39 is 0 Å². The first-order valence-electron chi connectivity index (χ1n) is 10.4. The zero-order valence-corrected chi connectivity index (χ0v) is 19.5. The zero-order valence-electron chi connectivity index (χ0n) is 19.5. The maximum absolute atomic E-state index is 12.6. The Morgan fingerprint density at radius 3 is 2.16 bits per heavy atom. The molecule has 0 aromatic heterocycles. The number of carbonyl (C=O) groups is 2. The quantitative estimate of drug-likeness (QED) is 0.569. The number of benzene rings is 2. The van der Waals surface area contributed by atoms with Gasteiger partial charge >= 0.3 is 0 Å². The van der Waals surface area contributed by atoms with Crippen molar-refractivity contribution in [2.75, 3.05) is 33.1 Å². The van der Waals surface area contributed by atoms with Crippen molar-refractivity contribution in [3.8, 4) is 11.5 Å². The molecule has 2 aromatic carbocycles. The molecule has 0 aliphatic carbocycles. The van der Waals surface area contributed by atoms with Gasteiger partial charge in [0.25, 0.3) is 5.91 Å². The Hall–Kier alpha value is -3.06. The average Bonchev–Trinajstić information content (AvgIpc) is 2.75. The van der Waals surface area contributed by atoms with Crippen LogP contribution < -0.4 is 25.0 Å². The topological polar surface area (TPSA) is 81.1 Å². The number of likely N-dealkylation sites (N-methyl/N-ethyl adjacent to an activating group) is 1. The smallest absolute Gasteiger partial charge is 0.278 e. The fourth-order valence-electron chi connectivity index (χ4n) is 3.41. The van der Waals surface area contributed by atoms with E-state index in [4.69, 9.17) is 9.47 Å². The van der Waals surface area contributed by atoms with Crippen molar-refractivity contribution in [1.82, 2.24) is 5.32 Å². The van der Waals surface area contributed by atoms with Crippen LogP contribution in [0.2, 0.25) is 0 Å². The third kappa shape index (κ3) is 6.21. The van der Waals surface area contributed by atoms with Crippen LogP contribution in [0.1, 0.15) is 29.2 Å². The van der Waals surface area contributed by atoms with E-state index in [2.05, 4.69) is 10.6 Å². The first kappa shape index (κ1) is 24.2. The minimum Gasteiger partial charge on any atom is -0.493 e. The third-order valence-electron chi connectivity index (χ3n) is 5.61. The minimum absolute atomic E-state index is 0.0698. The number of nitrogens with one attached hydrogen (secondary N) is 3. The molecule has 1 unspecified atom stereocenters. The van der Waals surface area contributed by atoms with Crippen LogP contribution in [-0.4, -0.2) is 45.7 Å². The number of rotatable bonds is 9. The maximum atomic E-state index is 12.6. The lowest BCUT2D eigenvalue weighted by molar-refractivity contribution is -0.908. The average molecular weight is 429 g/mol. The van der Waals surface area contributed by atoms with Gasteiger partial charge < -0.3 is 25.0 Å². The summed E-state index contributed by atoms with van der Waals surface area (Å²) in [6.45, 7) is 8.31. The van der Waals surface area contributed by atoms with Crippen LogP contribution >= 0.6 is 0 Å². The number of carbonyl (C=O) groups excluding carboxylic acids is 2. The van der Waals surface area contributed by atoms with Crippen LogP contribution in [-0.2, 0) is 16.1 Å². The number of hydrogen-bond donors (Lipinski definition) is 3. The fraction of sp³-hybridized carbons (Fsp3) is 0.417. The summed E-state index contributed by atoms with van der Waals surface area (Å²) in [4.78, 5) is 25.9. The predicted octanol–water partition coefficient (Wildman–Crippen LogP) is 1.79. The summed E-state index contributed by atoms with van der Waals surface area (Å²) in [5.74, 6) is 0.928. The van der Waals surface area contributed by atoms with Crippen molar-refractivity contribution < 1.29 is 24.0 Å². The molecule has 0 aliphatic rings. The molecular formula is C24H34N3O4+. The van der Waals surface area contributed by atoms with E-state index in [-0.39, 0.29) is 24.4 Å². The Morgan fingerprint density at radius 2 is 1.58 bits per heavy atom. The van der Waals surface area contributed by atoms with Crippen molar-refractivity contribution in [1.29, 1.82) is 0 Å². The summed E-state index contributed by atoms with van der Waals surface area (Å²) in [5, 5.41) is 5.63. The van der Waals surface area contributed by atoms with Gasteiger partial charge in [-0.15, -0.1) is 0 Å². The highest BCUT2D eigenvalue weighted by Gasteiger charge is 2.23. The highest BCUT2D eigenvalue weighted by molar-refractivity contribution is 5.96. The Morgan fingerprint density at radius 1 is 1.00 bits per heavy atom. The Kier molecular flexibility index (Phi) is 8.45. The van der Waals surface area contributed by atoms with E-state index in [0.29, 0.717) is 18.0 Å². The first-order valence-corrected chi connectivity index (χ1v) is 10.4. The normalized spacial score (nSPS) is 12.6. The van der Waals surface area contributed by atoms with Gasteiger partial charge in [0.2, 0.25) is 5.91 Å². The summed E-state index contributed by atoms with van der Waals surface area (Å²) in [6, 6.07) is 9.38. The number of methoxy groups -OCH3 is 2. The molecule has 31 heavy (non-hydrogen) atoms. The van der Waals surface area contributed by atoms with Crippen LogP contribution in [0.5, 0.6) is 11.5 Å². The summed E-state index contributed by atoms with van der Waals surface area (Å²) in [6.07, 6.45) is 0. The van der Waals surface area contributed by atoms with E-state index in [0.717, 1.165) is 32.8 Å². The summed E-state index contributed by atoms with van der Waals surface area (Å²) >= 11 is 0. The Labute approximate surface area is 184 Å². The van der Waals surface area contributed by atoms with Crippen LogP contribution in [0.15, 0.2) is 30.3 Å². The number of anilines is 1. The summed E-state index contributed by atoms with van der Waals surface area (Å²) in [7, 11) is 5.17. The van der Waals surface area contributed by atoms with E-state index >= 15 is 0 Å².